The van der Waals surface area contributed by atoms with E-state index in [0.717, 1.165) is 32.6 Å². The minimum atomic E-state index is -0.183. The highest BCUT2D eigenvalue weighted by Crippen LogP contribution is 2.14. The monoisotopic (exact) mass is 298 g/mol. The van der Waals surface area contributed by atoms with Gasteiger partial charge in [-0.15, -0.1) is 12.4 Å². The normalized spacial score (nSPS) is 22.0. The third kappa shape index (κ3) is 5.06. The second kappa shape index (κ2) is 8.63. The Labute approximate surface area is 128 Å². The number of benzene rings is 1. The van der Waals surface area contributed by atoms with Crippen molar-refractivity contribution >= 4 is 12.4 Å². The Morgan fingerprint density at radius 1 is 1.25 bits per heavy atom. The van der Waals surface area contributed by atoms with Crippen molar-refractivity contribution in [3.63, 3.8) is 0 Å². The van der Waals surface area contributed by atoms with Gasteiger partial charge in [0.1, 0.15) is 0 Å². The molecule has 0 amide bonds. The summed E-state index contributed by atoms with van der Waals surface area (Å²) >= 11 is 0. The fourth-order valence-corrected chi connectivity index (χ4v) is 2.52. The second-order valence-corrected chi connectivity index (χ2v) is 5.84. The summed E-state index contributed by atoms with van der Waals surface area (Å²) in [6, 6.07) is 8.90. The van der Waals surface area contributed by atoms with E-state index in [1.54, 1.807) is 0 Å². The van der Waals surface area contributed by atoms with E-state index in [9.17, 15) is 5.11 Å². The van der Waals surface area contributed by atoms with Gasteiger partial charge < -0.3 is 15.7 Å². The second-order valence-electron chi connectivity index (χ2n) is 5.84. The summed E-state index contributed by atoms with van der Waals surface area (Å²) in [6.07, 6.45) is 0.868. The molecule has 1 aliphatic rings. The number of hydrogen-bond acceptors (Lipinski definition) is 3. The van der Waals surface area contributed by atoms with Gasteiger partial charge in [-0.3, -0.25) is 0 Å². The van der Waals surface area contributed by atoms with Crippen LogP contribution in [0.1, 0.15) is 30.9 Å². The van der Waals surface area contributed by atoms with E-state index < -0.39 is 0 Å². The van der Waals surface area contributed by atoms with E-state index >= 15 is 0 Å². The quantitative estimate of drug-likeness (QED) is 0.703. The van der Waals surface area contributed by atoms with Gasteiger partial charge in [0, 0.05) is 25.6 Å². The van der Waals surface area contributed by atoms with Crippen LogP contribution in [0.5, 0.6) is 0 Å². The van der Waals surface area contributed by atoms with Gasteiger partial charge in [-0.2, -0.15) is 0 Å². The lowest BCUT2D eigenvalue weighted by Crippen LogP contribution is -2.31. The first-order chi connectivity index (χ1) is 9.16. The third-order valence-electron chi connectivity index (χ3n) is 3.95. The molecule has 114 valence electrons. The van der Waals surface area contributed by atoms with Crippen LogP contribution < -0.4 is 10.6 Å². The Kier molecular flexibility index (Phi) is 7.52. The first-order valence-corrected chi connectivity index (χ1v) is 7.35. The van der Waals surface area contributed by atoms with Gasteiger partial charge >= 0.3 is 0 Å². The SMILES string of the molecule is CC(C)c1ccc(CCNCC2CNCC2O)cc1.Cl. The number of halogens is 1. The first-order valence-electron chi connectivity index (χ1n) is 7.35. The maximum Gasteiger partial charge on any atom is 0.0716 e. The van der Waals surface area contributed by atoms with Gasteiger partial charge in [0.2, 0.25) is 0 Å². The fourth-order valence-electron chi connectivity index (χ4n) is 2.52. The number of nitrogens with one attached hydrogen (secondary N) is 2. The molecule has 1 aromatic rings. The number of aliphatic hydroxyl groups excluding tert-OH is 1. The van der Waals surface area contributed by atoms with Crippen LogP contribution in [0.3, 0.4) is 0 Å². The van der Waals surface area contributed by atoms with Crippen molar-refractivity contribution in [2.75, 3.05) is 26.2 Å². The highest BCUT2D eigenvalue weighted by Gasteiger charge is 2.23. The molecule has 4 heteroatoms. The van der Waals surface area contributed by atoms with Gasteiger partial charge in [0.25, 0.3) is 0 Å². The van der Waals surface area contributed by atoms with E-state index in [1.807, 2.05) is 0 Å². The van der Waals surface area contributed by atoms with E-state index in [-0.39, 0.29) is 18.5 Å². The van der Waals surface area contributed by atoms with Crippen LogP contribution in [0.15, 0.2) is 24.3 Å². The summed E-state index contributed by atoms with van der Waals surface area (Å²) in [7, 11) is 0. The van der Waals surface area contributed by atoms with Gasteiger partial charge in [-0.1, -0.05) is 38.1 Å². The molecule has 1 saturated heterocycles. The number of hydrogen-bond donors (Lipinski definition) is 3. The van der Waals surface area contributed by atoms with Crippen molar-refractivity contribution in [3.8, 4) is 0 Å². The van der Waals surface area contributed by atoms with Crippen LogP contribution in [-0.2, 0) is 6.42 Å². The minimum Gasteiger partial charge on any atom is -0.391 e. The summed E-state index contributed by atoms with van der Waals surface area (Å²) in [5, 5.41) is 16.3. The summed E-state index contributed by atoms with van der Waals surface area (Å²) < 4.78 is 0. The Morgan fingerprint density at radius 2 is 1.95 bits per heavy atom. The number of rotatable bonds is 6. The van der Waals surface area contributed by atoms with Crippen LogP contribution in [0.4, 0.5) is 0 Å². The van der Waals surface area contributed by atoms with Crippen LogP contribution in [0.2, 0.25) is 0 Å². The Morgan fingerprint density at radius 3 is 2.50 bits per heavy atom. The summed E-state index contributed by atoms with van der Waals surface area (Å²) in [6.45, 7) is 7.98. The molecule has 0 aliphatic carbocycles. The van der Waals surface area contributed by atoms with Crippen molar-refractivity contribution in [3.05, 3.63) is 35.4 Å². The third-order valence-corrected chi connectivity index (χ3v) is 3.95. The lowest BCUT2D eigenvalue weighted by Gasteiger charge is -2.14. The Balaban J connectivity index is 0.00000200. The highest BCUT2D eigenvalue weighted by atomic mass is 35.5. The molecule has 0 radical (unpaired) electrons. The lowest BCUT2D eigenvalue weighted by molar-refractivity contribution is 0.146. The predicted octanol–water partition coefficient (Wildman–Crippen LogP) is 1.94. The summed E-state index contributed by atoms with van der Waals surface area (Å²) in [4.78, 5) is 0. The number of aliphatic hydroxyl groups is 1. The van der Waals surface area contributed by atoms with Crippen molar-refractivity contribution in [1.29, 1.82) is 0 Å². The molecule has 20 heavy (non-hydrogen) atoms. The Hall–Kier alpha value is -0.610. The zero-order valence-corrected chi connectivity index (χ0v) is 13.2. The molecule has 1 aliphatic heterocycles. The average Bonchev–Trinajstić information content (AvgIpc) is 2.81. The van der Waals surface area contributed by atoms with Crippen molar-refractivity contribution in [2.24, 2.45) is 5.92 Å². The molecule has 2 unspecified atom stereocenters. The molecule has 3 nitrogen and oxygen atoms in total. The molecule has 0 spiro atoms. The maximum atomic E-state index is 9.69. The molecule has 1 fully saturated rings. The van der Waals surface area contributed by atoms with Gasteiger partial charge in [-0.05, 0) is 30.0 Å². The van der Waals surface area contributed by atoms with Crippen molar-refractivity contribution in [2.45, 2.75) is 32.3 Å². The van der Waals surface area contributed by atoms with Crippen molar-refractivity contribution in [1.82, 2.24) is 10.6 Å². The molecule has 2 rings (SSSR count). The lowest BCUT2D eigenvalue weighted by atomic mass is 10.0. The maximum absolute atomic E-state index is 9.69. The smallest absolute Gasteiger partial charge is 0.0716 e. The van der Waals surface area contributed by atoms with E-state index in [2.05, 4.69) is 48.7 Å². The first kappa shape index (κ1) is 17.4. The Bertz CT molecular complexity index is 381. The molecular formula is C16H27ClN2O. The summed E-state index contributed by atoms with van der Waals surface area (Å²) in [5.41, 5.74) is 2.78. The van der Waals surface area contributed by atoms with E-state index in [4.69, 9.17) is 0 Å². The number of β-amino-alcohol motifs (C(OH)–C–C–N with tert-alkyl or cyclic N) is 1. The largest absolute Gasteiger partial charge is 0.391 e. The molecule has 0 saturated carbocycles. The van der Waals surface area contributed by atoms with Crippen LogP contribution in [0.25, 0.3) is 0 Å². The van der Waals surface area contributed by atoms with Crippen LogP contribution in [0, 0.1) is 5.92 Å². The standard InChI is InChI=1S/C16H26N2O.ClH/c1-12(2)14-5-3-13(4-6-14)7-8-17-9-15-10-18-11-16(15)19;/h3-6,12,15-19H,7-11H2,1-2H3;1H. The molecule has 2 atom stereocenters. The van der Waals surface area contributed by atoms with Crippen LogP contribution >= 0.6 is 12.4 Å². The molecule has 0 aromatic heterocycles. The average molecular weight is 299 g/mol. The zero-order chi connectivity index (χ0) is 13.7. The molecule has 3 N–H and O–H groups in total. The molecule has 1 aromatic carbocycles. The van der Waals surface area contributed by atoms with E-state index in [1.165, 1.54) is 11.1 Å². The molecule has 1 heterocycles. The van der Waals surface area contributed by atoms with Crippen molar-refractivity contribution < 1.29 is 5.11 Å². The summed E-state index contributed by atoms with van der Waals surface area (Å²) in [5.74, 6) is 0.965. The fraction of sp³-hybridized carbons (Fsp3) is 0.625. The van der Waals surface area contributed by atoms with Crippen LogP contribution in [-0.4, -0.2) is 37.4 Å². The minimum absolute atomic E-state index is 0. The van der Waals surface area contributed by atoms with Gasteiger partial charge in [0.05, 0.1) is 6.10 Å². The topological polar surface area (TPSA) is 44.3 Å². The van der Waals surface area contributed by atoms with Gasteiger partial charge in [-0.25, -0.2) is 0 Å². The molecule has 0 bridgehead atoms. The predicted molar refractivity (Wildman–Crippen MR) is 86.7 cm³/mol. The van der Waals surface area contributed by atoms with Gasteiger partial charge in [0.15, 0.2) is 0 Å². The van der Waals surface area contributed by atoms with E-state index in [0.29, 0.717) is 11.8 Å². The zero-order valence-electron chi connectivity index (χ0n) is 12.4. The highest BCUT2D eigenvalue weighted by molar-refractivity contribution is 5.85. The molecular weight excluding hydrogens is 272 g/mol.